The van der Waals surface area contributed by atoms with Gasteiger partial charge in [0.25, 0.3) is 0 Å². The average molecular weight is 347 g/mol. The molecule has 0 radical (unpaired) electrons. The van der Waals surface area contributed by atoms with Crippen molar-refractivity contribution < 1.29 is 14.3 Å². The van der Waals surface area contributed by atoms with Crippen LogP contribution in [0.2, 0.25) is 0 Å². The SMILES string of the molecule is O=C(CBr)CC(=O)OC(c1ccccc1)c1ccccc1. The first-order valence-electron chi connectivity index (χ1n) is 6.57. The van der Waals surface area contributed by atoms with Gasteiger partial charge in [0, 0.05) is 0 Å². The van der Waals surface area contributed by atoms with Crippen LogP contribution in [-0.4, -0.2) is 17.1 Å². The Morgan fingerprint density at radius 1 is 0.905 bits per heavy atom. The summed E-state index contributed by atoms with van der Waals surface area (Å²) in [6.07, 6.45) is -0.718. The summed E-state index contributed by atoms with van der Waals surface area (Å²) in [6.45, 7) is 0. The molecule has 0 fully saturated rings. The predicted octanol–water partition coefficient (Wildman–Crippen LogP) is 3.67. The Morgan fingerprint density at radius 3 is 1.81 bits per heavy atom. The molecule has 2 rings (SSSR count). The van der Waals surface area contributed by atoms with E-state index in [1.54, 1.807) is 0 Å². The summed E-state index contributed by atoms with van der Waals surface area (Å²) in [7, 11) is 0. The molecule has 0 unspecified atom stereocenters. The molecular formula is C17H15BrO3. The maximum absolute atomic E-state index is 11.9. The molecule has 0 saturated carbocycles. The smallest absolute Gasteiger partial charge is 0.314 e. The minimum absolute atomic E-state index is 0.156. The lowest BCUT2D eigenvalue weighted by Crippen LogP contribution is -2.16. The van der Waals surface area contributed by atoms with Gasteiger partial charge in [0.05, 0.1) is 5.33 Å². The highest BCUT2D eigenvalue weighted by atomic mass is 79.9. The Balaban J connectivity index is 2.21. The van der Waals surface area contributed by atoms with E-state index in [9.17, 15) is 9.59 Å². The van der Waals surface area contributed by atoms with Crippen LogP contribution in [0.5, 0.6) is 0 Å². The normalized spacial score (nSPS) is 10.4. The minimum atomic E-state index is -0.517. The number of ether oxygens (including phenoxy) is 1. The molecular weight excluding hydrogens is 332 g/mol. The molecule has 0 aliphatic rings. The fourth-order valence-electron chi connectivity index (χ4n) is 1.97. The minimum Gasteiger partial charge on any atom is -0.452 e. The summed E-state index contributed by atoms with van der Waals surface area (Å²) in [5.74, 6) is -0.711. The molecule has 0 aliphatic heterocycles. The van der Waals surface area contributed by atoms with Gasteiger partial charge in [0.1, 0.15) is 6.42 Å². The molecule has 2 aromatic rings. The molecule has 2 aromatic carbocycles. The summed E-state index contributed by atoms with van der Waals surface area (Å²) in [5.41, 5.74) is 1.76. The number of ketones is 1. The Hall–Kier alpha value is -1.94. The van der Waals surface area contributed by atoms with Gasteiger partial charge in [-0.15, -0.1) is 0 Å². The van der Waals surface area contributed by atoms with Crippen molar-refractivity contribution in [1.82, 2.24) is 0 Å². The highest BCUT2D eigenvalue weighted by Gasteiger charge is 2.20. The monoisotopic (exact) mass is 346 g/mol. The molecule has 0 spiro atoms. The van der Waals surface area contributed by atoms with Crippen molar-refractivity contribution in [1.29, 1.82) is 0 Å². The van der Waals surface area contributed by atoms with Crippen molar-refractivity contribution in [3.63, 3.8) is 0 Å². The zero-order chi connectivity index (χ0) is 15.1. The van der Waals surface area contributed by atoms with Crippen molar-refractivity contribution in [3.8, 4) is 0 Å². The molecule has 0 N–H and O–H groups in total. The van der Waals surface area contributed by atoms with Crippen LogP contribution < -0.4 is 0 Å². The maximum atomic E-state index is 11.9. The summed E-state index contributed by atoms with van der Waals surface area (Å²) in [5, 5.41) is 0.156. The van der Waals surface area contributed by atoms with Gasteiger partial charge >= 0.3 is 5.97 Å². The van der Waals surface area contributed by atoms with Crippen molar-refractivity contribution in [2.75, 3.05) is 5.33 Å². The summed E-state index contributed by atoms with van der Waals surface area (Å²) >= 11 is 3.04. The van der Waals surface area contributed by atoms with Gasteiger partial charge in [0.15, 0.2) is 11.9 Å². The summed E-state index contributed by atoms with van der Waals surface area (Å²) in [4.78, 5) is 23.2. The van der Waals surface area contributed by atoms with Crippen molar-refractivity contribution in [3.05, 3.63) is 71.8 Å². The summed E-state index contributed by atoms with van der Waals surface area (Å²) < 4.78 is 5.51. The van der Waals surface area contributed by atoms with Crippen LogP contribution in [0.4, 0.5) is 0 Å². The Kier molecular flexibility index (Phi) is 5.69. The Bertz CT molecular complexity index is 556. The van der Waals surface area contributed by atoms with E-state index >= 15 is 0 Å². The van der Waals surface area contributed by atoms with Crippen LogP contribution in [0.25, 0.3) is 0 Å². The van der Waals surface area contributed by atoms with Crippen LogP contribution in [0, 0.1) is 0 Å². The fourth-order valence-corrected chi connectivity index (χ4v) is 2.16. The van der Waals surface area contributed by atoms with E-state index in [2.05, 4.69) is 15.9 Å². The first-order valence-corrected chi connectivity index (χ1v) is 7.70. The van der Waals surface area contributed by atoms with Gasteiger partial charge in [-0.2, -0.15) is 0 Å². The topological polar surface area (TPSA) is 43.4 Å². The van der Waals surface area contributed by atoms with E-state index in [1.165, 1.54) is 0 Å². The zero-order valence-corrected chi connectivity index (χ0v) is 13.0. The molecule has 0 aliphatic carbocycles. The largest absolute Gasteiger partial charge is 0.452 e. The quantitative estimate of drug-likeness (QED) is 0.455. The van der Waals surface area contributed by atoms with E-state index < -0.39 is 12.1 Å². The number of carbonyl (C=O) groups is 2. The zero-order valence-electron chi connectivity index (χ0n) is 11.4. The lowest BCUT2D eigenvalue weighted by atomic mass is 10.0. The third-order valence-corrected chi connectivity index (χ3v) is 3.57. The third-order valence-electron chi connectivity index (χ3n) is 2.94. The predicted molar refractivity (Wildman–Crippen MR) is 84.2 cm³/mol. The number of hydrogen-bond donors (Lipinski definition) is 0. The summed E-state index contributed by atoms with van der Waals surface area (Å²) in [6, 6.07) is 19.0. The first-order chi connectivity index (χ1) is 10.2. The first kappa shape index (κ1) is 15.4. The van der Waals surface area contributed by atoms with E-state index in [4.69, 9.17) is 4.74 Å². The second kappa shape index (κ2) is 7.74. The van der Waals surface area contributed by atoms with Gasteiger partial charge in [-0.1, -0.05) is 76.6 Å². The van der Waals surface area contributed by atoms with Crippen LogP contribution in [0.3, 0.4) is 0 Å². The number of halogens is 1. The molecule has 3 nitrogen and oxygen atoms in total. The van der Waals surface area contributed by atoms with Crippen molar-refractivity contribution in [2.24, 2.45) is 0 Å². The van der Waals surface area contributed by atoms with Crippen LogP contribution in [-0.2, 0) is 14.3 Å². The molecule has 108 valence electrons. The molecule has 0 saturated heterocycles. The second-order valence-electron chi connectivity index (χ2n) is 4.54. The second-order valence-corrected chi connectivity index (χ2v) is 5.10. The molecule has 0 aromatic heterocycles. The molecule has 0 bridgehead atoms. The number of Topliss-reactive ketones (excluding diaryl/α,β-unsaturated/α-hetero) is 1. The van der Waals surface area contributed by atoms with Gasteiger partial charge in [0.2, 0.25) is 0 Å². The number of carbonyl (C=O) groups excluding carboxylic acids is 2. The van der Waals surface area contributed by atoms with Gasteiger partial charge < -0.3 is 4.74 Å². The van der Waals surface area contributed by atoms with E-state index in [1.807, 2.05) is 60.7 Å². The van der Waals surface area contributed by atoms with Crippen molar-refractivity contribution >= 4 is 27.7 Å². The molecule has 0 atom stereocenters. The van der Waals surface area contributed by atoms with Gasteiger partial charge in [-0.25, -0.2) is 0 Å². The van der Waals surface area contributed by atoms with Crippen LogP contribution in [0.1, 0.15) is 23.7 Å². The molecule has 0 amide bonds. The number of alkyl halides is 1. The van der Waals surface area contributed by atoms with Gasteiger partial charge in [-0.3, -0.25) is 9.59 Å². The maximum Gasteiger partial charge on any atom is 0.314 e. The molecule has 0 heterocycles. The van der Waals surface area contributed by atoms with E-state index in [0.717, 1.165) is 11.1 Å². The van der Waals surface area contributed by atoms with E-state index in [0.29, 0.717) is 0 Å². The Labute approximate surface area is 132 Å². The molecule has 21 heavy (non-hydrogen) atoms. The lowest BCUT2D eigenvalue weighted by Gasteiger charge is -2.18. The molecule has 4 heteroatoms. The highest BCUT2D eigenvalue weighted by molar-refractivity contribution is 9.09. The standard InChI is InChI=1S/C17H15BrO3/c18-12-15(19)11-16(20)21-17(13-7-3-1-4-8-13)14-9-5-2-6-10-14/h1-10,17H,11-12H2. The third kappa shape index (κ3) is 4.53. The van der Waals surface area contributed by atoms with E-state index in [-0.39, 0.29) is 17.5 Å². The number of benzene rings is 2. The Morgan fingerprint density at radius 2 is 1.38 bits per heavy atom. The number of esters is 1. The number of hydrogen-bond acceptors (Lipinski definition) is 3. The van der Waals surface area contributed by atoms with Gasteiger partial charge in [-0.05, 0) is 11.1 Å². The van der Waals surface area contributed by atoms with Crippen LogP contribution in [0.15, 0.2) is 60.7 Å². The lowest BCUT2D eigenvalue weighted by molar-refractivity contribution is -0.149. The average Bonchev–Trinajstić information content (AvgIpc) is 2.54. The van der Waals surface area contributed by atoms with Crippen molar-refractivity contribution in [2.45, 2.75) is 12.5 Å². The van der Waals surface area contributed by atoms with Crippen LogP contribution >= 0.6 is 15.9 Å². The fraction of sp³-hybridized carbons (Fsp3) is 0.176. The highest BCUT2D eigenvalue weighted by Crippen LogP contribution is 2.26. The number of rotatable bonds is 6.